The maximum absolute atomic E-state index is 10.8. The third kappa shape index (κ3) is 1.37. The van der Waals surface area contributed by atoms with Gasteiger partial charge in [0.15, 0.2) is 0 Å². The Bertz CT molecular complexity index is 275. The average Bonchev–Trinajstić information content (AvgIpc) is 2.49. The highest BCUT2D eigenvalue weighted by Crippen LogP contribution is 2.59. The molecule has 2 atom stereocenters. The summed E-state index contributed by atoms with van der Waals surface area (Å²) in [7, 11) is 0. The molecule has 1 saturated carbocycles. The molecule has 0 bridgehead atoms. The van der Waals surface area contributed by atoms with Crippen molar-refractivity contribution < 1.29 is 4.79 Å². The molecule has 2 nitrogen and oxygen atoms in total. The number of carbonyl (C=O) groups is 1. The molecule has 0 saturated heterocycles. The van der Waals surface area contributed by atoms with E-state index in [-0.39, 0.29) is 22.5 Å². The van der Waals surface area contributed by atoms with Gasteiger partial charge in [0, 0.05) is 12.0 Å². The van der Waals surface area contributed by atoms with E-state index in [1.54, 1.807) is 6.08 Å². The van der Waals surface area contributed by atoms with Crippen LogP contribution in [-0.4, -0.2) is 5.24 Å². The lowest BCUT2D eigenvalue weighted by molar-refractivity contribution is -0.113. The third-order valence-electron chi connectivity index (χ3n) is 2.53. The Morgan fingerprint density at radius 3 is 2.58 bits per heavy atom. The van der Waals surface area contributed by atoms with Crippen molar-refractivity contribution in [2.75, 3.05) is 0 Å². The van der Waals surface area contributed by atoms with Crippen molar-refractivity contribution >= 4 is 16.8 Å². The van der Waals surface area contributed by atoms with Crippen LogP contribution in [0, 0.1) is 28.6 Å². The summed E-state index contributed by atoms with van der Waals surface area (Å²) in [5.74, 6) is 0.0333. The minimum absolute atomic E-state index is 0.0633. The molecule has 1 rings (SSSR count). The number of nitriles is 1. The van der Waals surface area contributed by atoms with Crippen LogP contribution in [-0.2, 0) is 4.79 Å². The molecule has 1 aliphatic rings. The Hall–Kier alpha value is -0.810. The number of allylic oxidation sites excluding steroid dienone is 2. The predicted molar refractivity (Wildman–Crippen MR) is 46.4 cm³/mol. The highest BCUT2D eigenvalue weighted by Gasteiger charge is 2.59. The first-order chi connectivity index (χ1) is 5.51. The fraction of sp³-hybridized carbons (Fsp3) is 0.556. The van der Waals surface area contributed by atoms with Crippen molar-refractivity contribution in [3.8, 4) is 6.07 Å². The molecule has 0 aliphatic heterocycles. The third-order valence-corrected chi connectivity index (χ3v) is 2.77. The molecule has 0 aromatic heterocycles. The van der Waals surface area contributed by atoms with Crippen LogP contribution in [0.3, 0.4) is 0 Å². The zero-order chi connectivity index (χ0) is 9.35. The predicted octanol–water partition coefficient (Wildman–Crippen LogP) is 2.10. The van der Waals surface area contributed by atoms with Crippen molar-refractivity contribution in [1.82, 2.24) is 0 Å². The van der Waals surface area contributed by atoms with Gasteiger partial charge in [0.25, 0.3) is 0 Å². The van der Waals surface area contributed by atoms with E-state index in [9.17, 15) is 4.79 Å². The van der Waals surface area contributed by atoms with E-state index < -0.39 is 0 Å². The molecule has 1 aliphatic carbocycles. The smallest absolute Gasteiger partial charge is 0.225 e. The molecule has 64 valence electrons. The standard InChI is InChI=1S/C9H10ClNO/c1-9(2)6(4-3-5-11)7(9)8(10)12/h3-4,6-7H,1-2H3/b4-3+. The van der Waals surface area contributed by atoms with E-state index in [1.165, 1.54) is 6.08 Å². The number of rotatable bonds is 2. The summed E-state index contributed by atoms with van der Waals surface area (Å²) in [5, 5.41) is 7.98. The SMILES string of the molecule is CC1(C)C(/C=C/C#N)C1C(=O)Cl. The van der Waals surface area contributed by atoms with E-state index in [1.807, 2.05) is 19.9 Å². The molecule has 3 heteroatoms. The van der Waals surface area contributed by atoms with Crippen LogP contribution in [0.15, 0.2) is 12.2 Å². The van der Waals surface area contributed by atoms with Gasteiger partial charge in [-0.1, -0.05) is 19.9 Å². The first-order valence-electron chi connectivity index (χ1n) is 3.77. The fourth-order valence-corrected chi connectivity index (χ4v) is 2.03. The van der Waals surface area contributed by atoms with Crippen molar-refractivity contribution in [2.45, 2.75) is 13.8 Å². The molecule has 0 radical (unpaired) electrons. The second kappa shape index (κ2) is 2.91. The number of halogens is 1. The van der Waals surface area contributed by atoms with E-state index in [4.69, 9.17) is 16.9 Å². The molecule has 0 heterocycles. The van der Waals surface area contributed by atoms with Gasteiger partial charge in [0.05, 0.1) is 6.07 Å². The largest absolute Gasteiger partial charge is 0.281 e. The van der Waals surface area contributed by atoms with Crippen LogP contribution in [0.2, 0.25) is 0 Å². The summed E-state index contributed by atoms with van der Waals surface area (Å²) in [4.78, 5) is 10.8. The van der Waals surface area contributed by atoms with Crippen molar-refractivity contribution in [3.05, 3.63) is 12.2 Å². The molecule has 0 N–H and O–H groups in total. The van der Waals surface area contributed by atoms with Gasteiger partial charge in [-0.05, 0) is 22.9 Å². The minimum Gasteiger partial charge on any atom is -0.281 e. The van der Waals surface area contributed by atoms with Crippen molar-refractivity contribution in [2.24, 2.45) is 17.3 Å². The Kier molecular flexibility index (Phi) is 2.25. The van der Waals surface area contributed by atoms with Gasteiger partial charge in [0.1, 0.15) is 0 Å². The molecule has 12 heavy (non-hydrogen) atoms. The van der Waals surface area contributed by atoms with Gasteiger partial charge >= 0.3 is 0 Å². The quantitative estimate of drug-likeness (QED) is 0.486. The Balaban J connectivity index is 2.68. The lowest BCUT2D eigenvalue weighted by atomic mass is 10.1. The highest BCUT2D eigenvalue weighted by atomic mass is 35.5. The lowest BCUT2D eigenvalue weighted by Crippen LogP contribution is -1.96. The zero-order valence-corrected chi connectivity index (χ0v) is 7.80. The Morgan fingerprint density at radius 2 is 2.25 bits per heavy atom. The summed E-state index contributed by atoms with van der Waals surface area (Å²) in [5.41, 5.74) is -0.0633. The molecular weight excluding hydrogens is 174 g/mol. The topological polar surface area (TPSA) is 40.9 Å². The van der Waals surface area contributed by atoms with E-state index in [2.05, 4.69) is 0 Å². The number of carbonyl (C=O) groups excluding carboxylic acids is 1. The van der Waals surface area contributed by atoms with E-state index in [0.717, 1.165) is 0 Å². The minimum atomic E-state index is -0.299. The first-order valence-corrected chi connectivity index (χ1v) is 4.15. The average molecular weight is 184 g/mol. The lowest BCUT2D eigenvalue weighted by Gasteiger charge is -1.95. The summed E-state index contributed by atoms with van der Waals surface area (Å²) in [6, 6.07) is 1.90. The second-order valence-electron chi connectivity index (χ2n) is 3.62. The molecule has 2 unspecified atom stereocenters. The monoisotopic (exact) mass is 183 g/mol. The van der Waals surface area contributed by atoms with Gasteiger partial charge in [-0.3, -0.25) is 4.79 Å². The molecule has 0 aromatic carbocycles. The number of hydrogen-bond acceptors (Lipinski definition) is 2. The Labute approximate surface area is 76.8 Å². The highest BCUT2D eigenvalue weighted by molar-refractivity contribution is 6.64. The molecule has 0 spiro atoms. The van der Waals surface area contributed by atoms with Gasteiger partial charge in [-0.25, -0.2) is 0 Å². The second-order valence-corrected chi connectivity index (χ2v) is 3.99. The zero-order valence-electron chi connectivity index (χ0n) is 7.04. The van der Waals surface area contributed by atoms with Gasteiger partial charge in [0.2, 0.25) is 5.24 Å². The number of nitrogens with zero attached hydrogens (tertiary/aromatic N) is 1. The van der Waals surface area contributed by atoms with Crippen LogP contribution in [0.1, 0.15) is 13.8 Å². The van der Waals surface area contributed by atoms with Crippen molar-refractivity contribution in [3.63, 3.8) is 0 Å². The van der Waals surface area contributed by atoms with E-state index >= 15 is 0 Å². The van der Waals surface area contributed by atoms with Crippen LogP contribution in [0.5, 0.6) is 0 Å². The van der Waals surface area contributed by atoms with Crippen LogP contribution in [0.25, 0.3) is 0 Å². The molecule has 0 amide bonds. The van der Waals surface area contributed by atoms with E-state index in [0.29, 0.717) is 0 Å². The summed E-state index contributed by atoms with van der Waals surface area (Å²) >= 11 is 5.38. The van der Waals surface area contributed by atoms with Gasteiger partial charge in [-0.15, -0.1) is 0 Å². The van der Waals surface area contributed by atoms with Crippen LogP contribution >= 0.6 is 11.6 Å². The van der Waals surface area contributed by atoms with Gasteiger partial charge < -0.3 is 0 Å². The Morgan fingerprint density at radius 1 is 1.67 bits per heavy atom. The van der Waals surface area contributed by atoms with Crippen LogP contribution < -0.4 is 0 Å². The fourth-order valence-electron chi connectivity index (χ4n) is 1.62. The molecular formula is C9H10ClNO. The van der Waals surface area contributed by atoms with Crippen LogP contribution in [0.4, 0.5) is 0 Å². The maximum Gasteiger partial charge on any atom is 0.225 e. The van der Waals surface area contributed by atoms with Gasteiger partial charge in [-0.2, -0.15) is 5.26 Å². The molecule has 0 aromatic rings. The summed E-state index contributed by atoms with van der Waals surface area (Å²) < 4.78 is 0. The summed E-state index contributed by atoms with van der Waals surface area (Å²) in [6.45, 7) is 3.95. The number of hydrogen-bond donors (Lipinski definition) is 0. The molecule has 1 fully saturated rings. The maximum atomic E-state index is 10.8. The first kappa shape index (κ1) is 9.28. The normalized spacial score (nSPS) is 31.5. The summed E-state index contributed by atoms with van der Waals surface area (Å²) in [6.07, 6.45) is 3.16. The van der Waals surface area contributed by atoms with Crippen molar-refractivity contribution in [1.29, 1.82) is 5.26 Å².